The molecule has 4 rings (SSSR count). The van der Waals surface area contributed by atoms with Crippen molar-refractivity contribution >= 4 is 47.8 Å². The van der Waals surface area contributed by atoms with Gasteiger partial charge in [-0.1, -0.05) is 70.8 Å². The van der Waals surface area contributed by atoms with Crippen molar-refractivity contribution in [3.63, 3.8) is 0 Å². The van der Waals surface area contributed by atoms with Crippen LogP contribution in [0.4, 0.5) is 0 Å². The third-order valence-corrected chi connectivity index (χ3v) is 5.13. The molecule has 4 aromatic rings. The molecule has 0 aliphatic rings. The topological polar surface area (TPSA) is 0 Å². The van der Waals surface area contributed by atoms with E-state index in [9.17, 15) is 0 Å². The van der Waals surface area contributed by atoms with Gasteiger partial charge >= 0.3 is 0 Å². The second-order valence-electron chi connectivity index (χ2n) is 10.1. The second-order valence-corrected chi connectivity index (χ2v) is 10.1. The molecule has 2 heteroatoms. The van der Waals surface area contributed by atoms with Crippen LogP contribution in [0.2, 0.25) is 0 Å². The zero-order valence-electron chi connectivity index (χ0n) is 25.6. The Morgan fingerprint density at radius 1 is 0.289 bits per heavy atom. The molecule has 38 heavy (non-hydrogen) atoms. The van der Waals surface area contributed by atoms with Gasteiger partial charge < -0.3 is 0 Å². The Hall–Kier alpha value is -1.52. The van der Waals surface area contributed by atoms with Gasteiger partial charge in [0.2, 0.25) is 0 Å². The van der Waals surface area contributed by atoms with Crippen LogP contribution < -0.4 is 0 Å². The number of benzene rings is 4. The smallest absolute Gasteiger partial charge is 0 e. The van der Waals surface area contributed by atoms with Crippen molar-refractivity contribution in [3.8, 4) is 0 Å². The normalized spacial score (nSPS) is 9.16. The molecular weight excluding hydrogens is 670 g/mol. The van der Waals surface area contributed by atoms with Crippen LogP contribution in [-0.2, 0) is 0 Å². The minimum Gasteiger partial charge on any atom is -0.0557 e. The van der Waals surface area contributed by atoms with Gasteiger partial charge in [-0.2, -0.15) is 0 Å². The van der Waals surface area contributed by atoms with Gasteiger partial charge in [0.05, 0.1) is 0 Å². The standard InChI is InChI=1S/4C9H11.2Sn.2H2/c4*1-7-4-8(2)6-9(3)5-7;;;;/h4*4-5H,1-3H3;;;2*1H. The quantitative estimate of drug-likeness (QED) is 0.159. The minimum absolute atomic E-state index is 0. The van der Waals surface area contributed by atoms with Crippen LogP contribution in [0.1, 0.15) is 69.6 Å². The van der Waals surface area contributed by atoms with E-state index in [-0.39, 0.29) is 50.7 Å². The summed E-state index contributed by atoms with van der Waals surface area (Å²) in [6, 6.07) is 29.9. The first kappa shape index (κ1) is 38.6. The number of hydrogen-bond acceptors (Lipinski definition) is 0. The first-order valence-corrected chi connectivity index (χ1v) is 12.6. The maximum Gasteiger partial charge on any atom is 0 e. The van der Waals surface area contributed by atoms with Crippen LogP contribution in [-0.4, -0.2) is 47.8 Å². The Bertz CT molecular complexity index is 864. The monoisotopic (exact) mass is 720 g/mol. The molecule has 0 fully saturated rings. The molecule has 0 bridgehead atoms. The zero-order chi connectivity index (χ0) is 27.4. The summed E-state index contributed by atoms with van der Waals surface area (Å²) in [4.78, 5) is 0. The predicted octanol–water partition coefficient (Wildman–Crippen LogP) is 9.38. The van der Waals surface area contributed by atoms with Gasteiger partial charge in [-0.25, -0.2) is 0 Å². The van der Waals surface area contributed by atoms with E-state index in [1.165, 1.54) is 66.8 Å². The molecule has 0 heterocycles. The van der Waals surface area contributed by atoms with Crippen molar-refractivity contribution in [2.24, 2.45) is 0 Å². The van der Waals surface area contributed by atoms with E-state index in [2.05, 4.69) is 156 Å². The fraction of sp³-hybridized carbons (Fsp3) is 0.333. The third kappa shape index (κ3) is 17.9. The summed E-state index contributed by atoms with van der Waals surface area (Å²) in [5.41, 5.74) is 15.1. The molecule has 0 amide bonds. The molecule has 0 spiro atoms. The van der Waals surface area contributed by atoms with Crippen molar-refractivity contribution in [1.82, 2.24) is 0 Å². The minimum atomic E-state index is 0. The Kier molecular flexibility index (Phi) is 19.8. The van der Waals surface area contributed by atoms with Crippen molar-refractivity contribution < 1.29 is 2.85 Å². The Balaban J connectivity index is -0.000000209. The maximum absolute atomic E-state index is 3.21. The molecule has 0 nitrogen and oxygen atoms in total. The summed E-state index contributed by atoms with van der Waals surface area (Å²) in [5.74, 6) is 0. The van der Waals surface area contributed by atoms with E-state index in [4.69, 9.17) is 0 Å². The summed E-state index contributed by atoms with van der Waals surface area (Å²) in [5, 5.41) is 0. The van der Waals surface area contributed by atoms with Gasteiger partial charge in [0.15, 0.2) is 0 Å². The molecule has 0 aliphatic heterocycles. The molecule has 0 saturated heterocycles. The fourth-order valence-corrected chi connectivity index (χ4v) is 4.43. The molecular formula is C36H48Sn2. The predicted molar refractivity (Wildman–Crippen MR) is 174 cm³/mol. The van der Waals surface area contributed by atoms with Crippen LogP contribution in [0.3, 0.4) is 0 Å². The first-order valence-electron chi connectivity index (χ1n) is 12.6. The summed E-state index contributed by atoms with van der Waals surface area (Å²) < 4.78 is 0. The van der Waals surface area contributed by atoms with Crippen molar-refractivity contribution in [1.29, 1.82) is 0 Å². The second kappa shape index (κ2) is 19.5. The summed E-state index contributed by atoms with van der Waals surface area (Å²) >= 11 is 0. The zero-order valence-corrected chi connectivity index (χ0v) is 31.3. The van der Waals surface area contributed by atoms with E-state index in [1.807, 2.05) is 0 Å². The summed E-state index contributed by atoms with van der Waals surface area (Å²) in [6.07, 6.45) is 0. The van der Waals surface area contributed by atoms with Crippen LogP contribution in [0.15, 0.2) is 48.5 Å². The van der Waals surface area contributed by atoms with Crippen molar-refractivity contribution in [2.45, 2.75) is 83.1 Å². The SMILES string of the molecule is Cc1[c]c(C)cc(C)c1.Cc1[c]c(C)cc(C)c1.Cc1[c]c(C)cc(C)c1.Cc1[c]c(C)cc(C)c1.[HH].[HH].[Sn].[Sn]. The average Bonchev–Trinajstić information content (AvgIpc) is 2.64. The van der Waals surface area contributed by atoms with Crippen LogP contribution in [0.5, 0.6) is 0 Å². The molecule has 12 radical (unpaired) electrons. The van der Waals surface area contributed by atoms with E-state index in [1.54, 1.807) is 0 Å². The third-order valence-electron chi connectivity index (χ3n) is 5.13. The van der Waals surface area contributed by atoms with Crippen LogP contribution >= 0.6 is 0 Å². The largest absolute Gasteiger partial charge is 0.0557 e. The summed E-state index contributed by atoms with van der Waals surface area (Å²) in [7, 11) is 0. The van der Waals surface area contributed by atoms with Gasteiger partial charge in [-0.05, 0) is 152 Å². The number of aryl methyl sites for hydroxylation is 12. The van der Waals surface area contributed by atoms with Gasteiger partial charge in [0, 0.05) is 50.7 Å². The van der Waals surface area contributed by atoms with Gasteiger partial charge in [0.25, 0.3) is 0 Å². The molecule has 0 unspecified atom stereocenters. The van der Waals surface area contributed by atoms with E-state index in [0.717, 1.165) is 0 Å². The fourth-order valence-electron chi connectivity index (χ4n) is 4.43. The van der Waals surface area contributed by atoms with Gasteiger partial charge in [0.1, 0.15) is 0 Å². The molecule has 4 aromatic carbocycles. The Labute approximate surface area is 271 Å². The molecule has 0 atom stereocenters. The molecule has 0 N–H and O–H groups in total. The number of hydrogen-bond donors (Lipinski definition) is 0. The number of rotatable bonds is 0. The first-order chi connectivity index (χ1) is 16.7. The van der Waals surface area contributed by atoms with E-state index >= 15 is 0 Å². The van der Waals surface area contributed by atoms with Gasteiger partial charge in [-0.3, -0.25) is 0 Å². The Morgan fingerprint density at radius 3 is 0.474 bits per heavy atom. The molecule has 200 valence electrons. The van der Waals surface area contributed by atoms with Crippen LogP contribution in [0, 0.1) is 107 Å². The van der Waals surface area contributed by atoms with Crippen molar-refractivity contribution in [3.05, 3.63) is 140 Å². The van der Waals surface area contributed by atoms with E-state index in [0.29, 0.717) is 0 Å². The van der Waals surface area contributed by atoms with Crippen LogP contribution in [0.25, 0.3) is 0 Å². The average molecular weight is 718 g/mol. The molecule has 0 saturated carbocycles. The molecule has 0 aliphatic carbocycles. The maximum atomic E-state index is 3.21. The van der Waals surface area contributed by atoms with Gasteiger partial charge in [-0.15, -0.1) is 0 Å². The molecule has 0 aromatic heterocycles. The summed E-state index contributed by atoms with van der Waals surface area (Å²) in [6.45, 7) is 25.0. The van der Waals surface area contributed by atoms with Crippen molar-refractivity contribution in [2.75, 3.05) is 0 Å². The Morgan fingerprint density at radius 2 is 0.395 bits per heavy atom. The van der Waals surface area contributed by atoms with E-state index < -0.39 is 0 Å².